The maximum Gasteiger partial charge on any atom is 0.176 e. The third-order valence-corrected chi connectivity index (χ3v) is 3.15. The molecule has 1 aromatic rings. The fraction of sp³-hybridized carbons (Fsp3) is 0.500. The molecule has 0 bridgehead atoms. The van der Waals surface area contributed by atoms with Gasteiger partial charge in [-0.3, -0.25) is 9.69 Å². The molecule has 0 amide bonds. The molecule has 0 aromatic heterocycles. The monoisotopic (exact) mass is 235 g/mol. The van der Waals surface area contributed by atoms with Crippen LogP contribution in [0.4, 0.5) is 0 Å². The number of phenolic OH excluding ortho intramolecular Hbond substituents is 1. The molecule has 0 aliphatic heterocycles. The van der Waals surface area contributed by atoms with Crippen LogP contribution in [-0.2, 0) is 0 Å². The van der Waals surface area contributed by atoms with E-state index in [0.717, 1.165) is 12.8 Å². The van der Waals surface area contributed by atoms with Crippen molar-refractivity contribution in [2.24, 2.45) is 0 Å². The molecule has 94 valence electrons. The fourth-order valence-corrected chi connectivity index (χ4v) is 2.01. The normalized spacial score (nSPS) is 11.1. The molecule has 1 N–H and O–H groups in total. The third-order valence-electron chi connectivity index (χ3n) is 3.15. The van der Waals surface area contributed by atoms with E-state index in [9.17, 15) is 4.79 Å². The van der Waals surface area contributed by atoms with Gasteiger partial charge in [-0.05, 0) is 44.2 Å². The first-order valence-electron chi connectivity index (χ1n) is 6.11. The molecule has 0 aliphatic carbocycles. The second kappa shape index (κ2) is 6.40. The molecule has 0 saturated heterocycles. The number of ketones is 1. The number of hydrogen-bond donors (Lipinski definition) is 1. The second-order valence-electron chi connectivity index (χ2n) is 4.36. The minimum Gasteiger partial charge on any atom is -0.508 e. The van der Waals surface area contributed by atoms with Crippen molar-refractivity contribution in [1.82, 2.24) is 4.90 Å². The van der Waals surface area contributed by atoms with Crippen LogP contribution in [0, 0.1) is 0 Å². The van der Waals surface area contributed by atoms with Gasteiger partial charge in [0.15, 0.2) is 5.78 Å². The van der Waals surface area contributed by atoms with Gasteiger partial charge >= 0.3 is 0 Å². The first-order chi connectivity index (χ1) is 8.08. The number of Topliss-reactive ketones (excluding diaryl/α,β-unsaturated/α-hetero) is 1. The molecule has 0 heterocycles. The maximum absolute atomic E-state index is 12.0. The second-order valence-corrected chi connectivity index (χ2v) is 4.36. The highest BCUT2D eigenvalue weighted by Crippen LogP contribution is 2.12. The van der Waals surface area contributed by atoms with Crippen LogP contribution in [0.25, 0.3) is 0 Å². The van der Waals surface area contributed by atoms with E-state index in [1.165, 1.54) is 0 Å². The Hall–Kier alpha value is -1.35. The van der Waals surface area contributed by atoms with Crippen LogP contribution >= 0.6 is 0 Å². The highest BCUT2D eigenvalue weighted by Gasteiger charge is 2.15. The predicted molar refractivity (Wildman–Crippen MR) is 69.4 cm³/mol. The molecule has 1 aromatic carbocycles. The number of rotatable bonds is 6. The number of nitrogens with zero attached hydrogens (tertiary/aromatic N) is 1. The molecule has 0 saturated carbocycles. The van der Waals surface area contributed by atoms with Crippen molar-refractivity contribution in [1.29, 1.82) is 0 Å². The zero-order chi connectivity index (χ0) is 12.8. The van der Waals surface area contributed by atoms with E-state index < -0.39 is 0 Å². The van der Waals surface area contributed by atoms with E-state index in [4.69, 9.17) is 5.11 Å². The minimum atomic E-state index is 0.0967. The van der Waals surface area contributed by atoms with Gasteiger partial charge in [0.05, 0.1) is 6.54 Å². The zero-order valence-corrected chi connectivity index (χ0v) is 10.8. The summed E-state index contributed by atoms with van der Waals surface area (Å²) >= 11 is 0. The van der Waals surface area contributed by atoms with Gasteiger partial charge in [0.2, 0.25) is 0 Å². The van der Waals surface area contributed by atoms with Gasteiger partial charge < -0.3 is 5.11 Å². The van der Waals surface area contributed by atoms with Gasteiger partial charge in [0.25, 0.3) is 0 Å². The molecule has 0 radical (unpaired) electrons. The van der Waals surface area contributed by atoms with Gasteiger partial charge in [0.1, 0.15) is 5.75 Å². The Morgan fingerprint density at radius 3 is 2.24 bits per heavy atom. The van der Waals surface area contributed by atoms with Crippen LogP contribution in [0.3, 0.4) is 0 Å². The van der Waals surface area contributed by atoms with Crippen LogP contribution in [0.5, 0.6) is 5.75 Å². The summed E-state index contributed by atoms with van der Waals surface area (Å²) in [5.74, 6) is 0.286. The molecule has 0 atom stereocenters. The van der Waals surface area contributed by atoms with Crippen molar-refractivity contribution >= 4 is 5.78 Å². The Bertz CT molecular complexity index is 355. The smallest absolute Gasteiger partial charge is 0.176 e. The summed E-state index contributed by atoms with van der Waals surface area (Å²) in [4.78, 5) is 14.1. The SMILES string of the molecule is CCC(CC)N(C)CC(=O)c1ccc(O)cc1. The summed E-state index contributed by atoms with van der Waals surface area (Å²) in [6.45, 7) is 4.70. The van der Waals surface area contributed by atoms with Crippen LogP contribution in [0.15, 0.2) is 24.3 Å². The highest BCUT2D eigenvalue weighted by atomic mass is 16.3. The Kier molecular flexibility index (Phi) is 5.16. The van der Waals surface area contributed by atoms with Crippen molar-refractivity contribution in [3.63, 3.8) is 0 Å². The van der Waals surface area contributed by atoms with Gasteiger partial charge in [-0.1, -0.05) is 13.8 Å². The van der Waals surface area contributed by atoms with Crippen LogP contribution in [-0.4, -0.2) is 35.4 Å². The molecule has 0 fully saturated rings. The fourth-order valence-electron chi connectivity index (χ4n) is 2.01. The number of hydrogen-bond acceptors (Lipinski definition) is 3. The molecule has 1 rings (SSSR count). The molecule has 3 nitrogen and oxygen atoms in total. The lowest BCUT2D eigenvalue weighted by molar-refractivity contribution is 0.0915. The van der Waals surface area contributed by atoms with E-state index >= 15 is 0 Å². The highest BCUT2D eigenvalue weighted by molar-refractivity contribution is 5.97. The number of carbonyl (C=O) groups excluding carboxylic acids is 1. The number of benzene rings is 1. The average molecular weight is 235 g/mol. The zero-order valence-electron chi connectivity index (χ0n) is 10.8. The molecule has 3 heteroatoms. The van der Waals surface area contributed by atoms with E-state index in [1.54, 1.807) is 24.3 Å². The van der Waals surface area contributed by atoms with Crippen molar-refractivity contribution in [3.8, 4) is 5.75 Å². The number of phenols is 1. The Morgan fingerprint density at radius 1 is 1.24 bits per heavy atom. The van der Waals surface area contributed by atoms with Crippen molar-refractivity contribution in [3.05, 3.63) is 29.8 Å². The largest absolute Gasteiger partial charge is 0.508 e. The van der Waals surface area contributed by atoms with E-state index in [0.29, 0.717) is 18.2 Å². The van der Waals surface area contributed by atoms with E-state index in [1.807, 2.05) is 7.05 Å². The van der Waals surface area contributed by atoms with Gasteiger partial charge in [-0.2, -0.15) is 0 Å². The first-order valence-corrected chi connectivity index (χ1v) is 6.11. The lowest BCUT2D eigenvalue weighted by atomic mass is 10.1. The topological polar surface area (TPSA) is 40.5 Å². The van der Waals surface area contributed by atoms with Crippen molar-refractivity contribution in [2.45, 2.75) is 32.7 Å². The summed E-state index contributed by atoms with van der Waals surface area (Å²) < 4.78 is 0. The Labute approximate surface area is 103 Å². The molecule has 17 heavy (non-hydrogen) atoms. The number of carbonyl (C=O) groups is 1. The standard InChI is InChI=1S/C14H21NO2/c1-4-12(5-2)15(3)10-14(17)11-6-8-13(16)9-7-11/h6-9,12,16H,4-5,10H2,1-3H3. The van der Waals surface area contributed by atoms with E-state index in [-0.39, 0.29) is 11.5 Å². The molecular formula is C14H21NO2. The number of likely N-dealkylation sites (N-methyl/N-ethyl adjacent to an activating group) is 1. The molecule has 0 aliphatic rings. The van der Waals surface area contributed by atoms with Gasteiger partial charge in [0, 0.05) is 11.6 Å². The lowest BCUT2D eigenvalue weighted by Gasteiger charge is -2.25. The Balaban J connectivity index is 2.62. The molecule has 0 spiro atoms. The van der Waals surface area contributed by atoms with Gasteiger partial charge in [-0.25, -0.2) is 0 Å². The van der Waals surface area contributed by atoms with Crippen LogP contribution in [0.2, 0.25) is 0 Å². The lowest BCUT2D eigenvalue weighted by Crippen LogP contribution is -2.35. The number of aromatic hydroxyl groups is 1. The molecule has 0 unspecified atom stereocenters. The van der Waals surface area contributed by atoms with Gasteiger partial charge in [-0.15, -0.1) is 0 Å². The summed E-state index contributed by atoms with van der Waals surface area (Å²) in [6.07, 6.45) is 2.10. The quantitative estimate of drug-likeness (QED) is 0.771. The van der Waals surface area contributed by atoms with Crippen LogP contribution < -0.4 is 0 Å². The third kappa shape index (κ3) is 3.86. The first kappa shape index (κ1) is 13.7. The summed E-state index contributed by atoms with van der Waals surface area (Å²) in [6, 6.07) is 6.88. The van der Waals surface area contributed by atoms with Crippen LogP contribution in [0.1, 0.15) is 37.0 Å². The molecular weight excluding hydrogens is 214 g/mol. The maximum atomic E-state index is 12.0. The van der Waals surface area contributed by atoms with Crippen molar-refractivity contribution < 1.29 is 9.90 Å². The minimum absolute atomic E-state index is 0.0967. The Morgan fingerprint density at radius 2 is 1.76 bits per heavy atom. The van der Waals surface area contributed by atoms with E-state index in [2.05, 4.69) is 18.7 Å². The van der Waals surface area contributed by atoms with Crippen molar-refractivity contribution in [2.75, 3.05) is 13.6 Å². The predicted octanol–water partition coefficient (Wildman–Crippen LogP) is 2.70. The summed E-state index contributed by atoms with van der Waals surface area (Å²) in [5, 5.41) is 9.16. The summed E-state index contributed by atoms with van der Waals surface area (Å²) in [5.41, 5.74) is 0.653. The average Bonchev–Trinajstić information content (AvgIpc) is 2.31. The summed E-state index contributed by atoms with van der Waals surface area (Å²) in [7, 11) is 1.98.